The third kappa shape index (κ3) is 4.83. The first kappa shape index (κ1) is 20.0. The largest absolute Gasteiger partial charge is 0.339 e. The van der Waals surface area contributed by atoms with E-state index in [0.29, 0.717) is 43.4 Å². The minimum absolute atomic E-state index is 0.0580. The van der Waals surface area contributed by atoms with Crippen LogP contribution in [0.5, 0.6) is 0 Å². The predicted octanol–water partition coefficient (Wildman–Crippen LogP) is 2.23. The molecule has 0 radical (unpaired) electrons. The summed E-state index contributed by atoms with van der Waals surface area (Å²) in [5.41, 5.74) is 1.01. The van der Waals surface area contributed by atoms with E-state index >= 15 is 0 Å². The molecule has 0 bridgehead atoms. The number of benzene rings is 1. The van der Waals surface area contributed by atoms with E-state index in [9.17, 15) is 9.59 Å². The van der Waals surface area contributed by atoms with Crippen LogP contribution in [0.1, 0.15) is 15.2 Å². The van der Waals surface area contributed by atoms with E-state index in [4.69, 9.17) is 0 Å². The topological polar surface area (TPSA) is 78.4 Å². The van der Waals surface area contributed by atoms with Gasteiger partial charge in [0.15, 0.2) is 0 Å². The number of hydrogen-bond donors (Lipinski definition) is 1. The number of aromatic nitrogens is 2. The number of carbonyl (C=O) groups excluding carboxylic acids is 2. The molecule has 8 heteroatoms. The molecule has 1 aliphatic rings. The lowest BCUT2D eigenvalue weighted by Gasteiger charge is -2.36. The third-order valence-corrected chi connectivity index (χ3v) is 5.93. The van der Waals surface area contributed by atoms with Gasteiger partial charge >= 0.3 is 0 Å². The van der Waals surface area contributed by atoms with E-state index in [1.54, 1.807) is 24.5 Å². The van der Waals surface area contributed by atoms with Gasteiger partial charge in [-0.25, -0.2) is 9.97 Å². The molecule has 1 fully saturated rings. The van der Waals surface area contributed by atoms with Gasteiger partial charge in [0.25, 0.3) is 5.91 Å². The van der Waals surface area contributed by atoms with Crippen molar-refractivity contribution in [3.8, 4) is 0 Å². The molecule has 7 nitrogen and oxygen atoms in total. The molecule has 2 aromatic heterocycles. The average Bonchev–Trinajstić information content (AvgIpc) is 3.35. The van der Waals surface area contributed by atoms with Crippen molar-refractivity contribution < 1.29 is 9.59 Å². The van der Waals surface area contributed by atoms with E-state index in [0.717, 1.165) is 5.56 Å². The molecule has 154 valence electrons. The van der Waals surface area contributed by atoms with Crippen LogP contribution >= 0.6 is 11.3 Å². The van der Waals surface area contributed by atoms with Crippen molar-refractivity contribution in [3.05, 3.63) is 76.7 Å². The molecule has 1 aliphatic heterocycles. The molecule has 3 heterocycles. The van der Waals surface area contributed by atoms with Crippen molar-refractivity contribution in [3.63, 3.8) is 0 Å². The Balaban J connectivity index is 1.44. The van der Waals surface area contributed by atoms with E-state index < -0.39 is 6.04 Å². The number of thiophene rings is 1. The van der Waals surface area contributed by atoms with Crippen LogP contribution in [0.3, 0.4) is 0 Å². The monoisotopic (exact) mass is 421 g/mol. The zero-order valence-corrected chi connectivity index (χ0v) is 17.3. The molecular formula is C22H23N5O2S. The second-order valence-electron chi connectivity index (χ2n) is 7.05. The van der Waals surface area contributed by atoms with Gasteiger partial charge in [0.2, 0.25) is 11.9 Å². The molecule has 30 heavy (non-hydrogen) atoms. The van der Waals surface area contributed by atoms with Gasteiger partial charge in [0, 0.05) is 45.0 Å². The lowest BCUT2D eigenvalue weighted by atomic mass is 10.0. The molecule has 0 unspecified atom stereocenters. The number of piperazine rings is 1. The van der Waals surface area contributed by atoms with Crippen LogP contribution in [0, 0.1) is 0 Å². The Morgan fingerprint density at radius 1 is 0.967 bits per heavy atom. The zero-order valence-electron chi connectivity index (χ0n) is 16.5. The van der Waals surface area contributed by atoms with Crippen molar-refractivity contribution in [1.29, 1.82) is 0 Å². The normalized spacial score (nSPS) is 14.9. The van der Waals surface area contributed by atoms with Gasteiger partial charge in [0.05, 0.1) is 4.88 Å². The number of nitrogens with one attached hydrogen (secondary N) is 1. The van der Waals surface area contributed by atoms with Gasteiger partial charge in [0.1, 0.15) is 6.04 Å². The lowest BCUT2D eigenvalue weighted by molar-refractivity contribution is -0.133. The van der Waals surface area contributed by atoms with Crippen LogP contribution in [0.25, 0.3) is 0 Å². The van der Waals surface area contributed by atoms with E-state index in [1.165, 1.54) is 11.3 Å². The number of anilines is 1. The second kappa shape index (κ2) is 9.49. The van der Waals surface area contributed by atoms with Gasteiger partial charge < -0.3 is 15.1 Å². The maximum atomic E-state index is 13.3. The standard InChI is InChI=1S/C22H23N5O2S/c28-20(19-8-4-15-30-19)25-18(16-17-6-2-1-3-7-17)21(29)26-11-13-27(14-12-26)22-23-9-5-10-24-22/h1-10,15,18H,11-14,16H2,(H,25,28)/t18-/m1/s1. The average molecular weight is 422 g/mol. The van der Waals surface area contributed by atoms with Gasteiger partial charge in [-0.05, 0) is 23.1 Å². The summed E-state index contributed by atoms with van der Waals surface area (Å²) in [6.07, 6.45) is 3.89. The van der Waals surface area contributed by atoms with E-state index in [-0.39, 0.29) is 11.8 Å². The van der Waals surface area contributed by atoms with E-state index in [2.05, 4.69) is 20.2 Å². The highest BCUT2D eigenvalue weighted by atomic mass is 32.1. The molecule has 1 atom stereocenters. The molecule has 4 rings (SSSR count). The number of amides is 2. The molecule has 2 amide bonds. The number of rotatable bonds is 6. The number of nitrogens with zero attached hydrogens (tertiary/aromatic N) is 4. The first-order valence-corrected chi connectivity index (χ1v) is 10.8. The predicted molar refractivity (Wildman–Crippen MR) is 117 cm³/mol. The van der Waals surface area contributed by atoms with Crippen LogP contribution in [-0.4, -0.2) is 58.9 Å². The molecular weight excluding hydrogens is 398 g/mol. The van der Waals surface area contributed by atoms with Crippen LogP contribution in [-0.2, 0) is 11.2 Å². The molecule has 0 spiro atoms. The van der Waals surface area contributed by atoms with Crippen LogP contribution in [0.15, 0.2) is 66.3 Å². The molecule has 3 aromatic rings. The summed E-state index contributed by atoms with van der Waals surface area (Å²) in [4.78, 5) is 39.0. The Bertz CT molecular complexity index is 958. The molecule has 0 saturated carbocycles. The quantitative estimate of drug-likeness (QED) is 0.660. The summed E-state index contributed by atoms with van der Waals surface area (Å²) in [7, 11) is 0. The van der Waals surface area contributed by atoms with Gasteiger partial charge in [-0.1, -0.05) is 36.4 Å². The fourth-order valence-electron chi connectivity index (χ4n) is 3.49. The van der Waals surface area contributed by atoms with Crippen molar-refractivity contribution >= 4 is 29.1 Å². The molecule has 1 aromatic carbocycles. The summed E-state index contributed by atoms with van der Waals surface area (Å²) >= 11 is 1.37. The highest BCUT2D eigenvalue weighted by Gasteiger charge is 2.29. The minimum atomic E-state index is -0.610. The van der Waals surface area contributed by atoms with Gasteiger partial charge in [-0.15, -0.1) is 11.3 Å². The van der Waals surface area contributed by atoms with E-state index in [1.807, 2.05) is 46.7 Å². The highest BCUT2D eigenvalue weighted by Crippen LogP contribution is 2.14. The lowest BCUT2D eigenvalue weighted by Crippen LogP contribution is -2.55. The summed E-state index contributed by atoms with van der Waals surface area (Å²) < 4.78 is 0. The van der Waals surface area contributed by atoms with Crippen molar-refractivity contribution in [2.24, 2.45) is 0 Å². The zero-order chi connectivity index (χ0) is 20.8. The van der Waals surface area contributed by atoms with Gasteiger partial charge in [-0.3, -0.25) is 9.59 Å². The Labute approximate surface area is 179 Å². The molecule has 1 N–H and O–H groups in total. The number of carbonyl (C=O) groups is 2. The first-order valence-electron chi connectivity index (χ1n) is 9.90. The maximum absolute atomic E-state index is 13.3. The summed E-state index contributed by atoms with van der Waals surface area (Å²) in [6.45, 7) is 2.45. The van der Waals surface area contributed by atoms with Crippen LogP contribution < -0.4 is 10.2 Å². The first-order chi connectivity index (χ1) is 14.7. The van der Waals surface area contributed by atoms with Crippen LogP contribution in [0.2, 0.25) is 0 Å². The highest BCUT2D eigenvalue weighted by molar-refractivity contribution is 7.12. The van der Waals surface area contributed by atoms with Crippen LogP contribution in [0.4, 0.5) is 5.95 Å². The third-order valence-electron chi connectivity index (χ3n) is 5.06. The maximum Gasteiger partial charge on any atom is 0.262 e. The van der Waals surface area contributed by atoms with Gasteiger partial charge in [-0.2, -0.15) is 0 Å². The summed E-state index contributed by atoms with van der Waals surface area (Å²) in [6, 6.07) is 14.5. The smallest absolute Gasteiger partial charge is 0.262 e. The fourth-order valence-corrected chi connectivity index (χ4v) is 4.12. The van der Waals surface area contributed by atoms with Crippen molar-refractivity contribution in [2.75, 3.05) is 31.1 Å². The SMILES string of the molecule is O=C(N[C@H](Cc1ccccc1)C(=O)N1CCN(c2ncccn2)CC1)c1cccs1. The fraction of sp³-hybridized carbons (Fsp3) is 0.273. The molecule has 1 saturated heterocycles. The molecule has 0 aliphatic carbocycles. The second-order valence-corrected chi connectivity index (χ2v) is 8.00. The Hall–Kier alpha value is -3.26. The Morgan fingerprint density at radius 2 is 1.70 bits per heavy atom. The van der Waals surface area contributed by atoms with Crippen molar-refractivity contribution in [1.82, 2.24) is 20.2 Å². The number of hydrogen-bond acceptors (Lipinski definition) is 6. The summed E-state index contributed by atoms with van der Waals surface area (Å²) in [5.74, 6) is 0.407. The Kier molecular flexibility index (Phi) is 6.34. The summed E-state index contributed by atoms with van der Waals surface area (Å²) in [5, 5.41) is 4.80. The van der Waals surface area contributed by atoms with Crippen molar-refractivity contribution in [2.45, 2.75) is 12.5 Å². The minimum Gasteiger partial charge on any atom is -0.339 e. The Morgan fingerprint density at radius 3 is 2.37 bits per heavy atom.